The first-order chi connectivity index (χ1) is 9.67. The van der Waals surface area contributed by atoms with Crippen LogP contribution in [0.15, 0.2) is 12.1 Å². The van der Waals surface area contributed by atoms with Gasteiger partial charge in [-0.2, -0.15) is 0 Å². The van der Waals surface area contributed by atoms with Crippen LogP contribution in [-0.2, 0) is 0 Å². The van der Waals surface area contributed by atoms with E-state index in [1.165, 1.54) is 38.5 Å². The summed E-state index contributed by atoms with van der Waals surface area (Å²) in [4.78, 5) is 0. The fourth-order valence-electron chi connectivity index (χ4n) is 2.94. The van der Waals surface area contributed by atoms with Gasteiger partial charge in [-0.1, -0.05) is 37.3 Å². The number of alkyl halides is 1. The molecule has 0 N–H and O–H groups in total. The molecule has 1 aliphatic carbocycles. The van der Waals surface area contributed by atoms with Crippen LogP contribution >= 0.6 is 23.2 Å². The van der Waals surface area contributed by atoms with E-state index in [0.29, 0.717) is 22.4 Å². The lowest BCUT2D eigenvalue weighted by atomic mass is 9.91. The molecule has 112 valence electrons. The molecule has 1 atom stereocenters. The third-order valence-corrected chi connectivity index (χ3v) is 5.03. The smallest absolute Gasteiger partial charge is 0.162 e. The first-order valence-corrected chi connectivity index (χ1v) is 8.04. The van der Waals surface area contributed by atoms with Crippen molar-refractivity contribution in [3.05, 3.63) is 22.7 Å². The molecule has 0 saturated heterocycles. The minimum atomic E-state index is -0.0552. The number of hydrogen-bond acceptors (Lipinski definition) is 2. The summed E-state index contributed by atoms with van der Waals surface area (Å²) in [6.07, 6.45) is 7.52. The molecule has 0 radical (unpaired) electrons. The number of rotatable bonds is 4. The molecule has 1 fully saturated rings. The lowest BCUT2D eigenvalue weighted by Gasteiger charge is -2.23. The van der Waals surface area contributed by atoms with Gasteiger partial charge in [0.25, 0.3) is 0 Å². The van der Waals surface area contributed by atoms with Crippen LogP contribution in [0.25, 0.3) is 0 Å². The molecule has 2 nitrogen and oxygen atoms in total. The van der Waals surface area contributed by atoms with Gasteiger partial charge < -0.3 is 9.47 Å². The van der Waals surface area contributed by atoms with E-state index >= 15 is 0 Å². The van der Waals surface area contributed by atoms with E-state index < -0.39 is 0 Å². The molecule has 1 aliphatic rings. The first kappa shape index (κ1) is 15.8. The molecule has 0 aliphatic heterocycles. The summed E-state index contributed by atoms with van der Waals surface area (Å²) in [5, 5.41) is 0.604. The van der Waals surface area contributed by atoms with Crippen molar-refractivity contribution in [2.75, 3.05) is 14.2 Å². The highest BCUT2D eigenvalue weighted by molar-refractivity contribution is 6.33. The van der Waals surface area contributed by atoms with Crippen LogP contribution in [0.5, 0.6) is 11.5 Å². The van der Waals surface area contributed by atoms with Gasteiger partial charge in [-0.25, -0.2) is 0 Å². The zero-order valence-electron chi connectivity index (χ0n) is 12.1. The van der Waals surface area contributed by atoms with Crippen LogP contribution < -0.4 is 9.47 Å². The number of benzene rings is 1. The van der Waals surface area contributed by atoms with Gasteiger partial charge in [0.15, 0.2) is 11.5 Å². The Labute approximate surface area is 131 Å². The van der Waals surface area contributed by atoms with Crippen LogP contribution in [0.2, 0.25) is 5.02 Å². The van der Waals surface area contributed by atoms with E-state index in [-0.39, 0.29) is 5.38 Å². The average Bonchev–Trinajstić information content (AvgIpc) is 2.75. The van der Waals surface area contributed by atoms with E-state index in [4.69, 9.17) is 32.7 Å². The zero-order valence-corrected chi connectivity index (χ0v) is 13.6. The van der Waals surface area contributed by atoms with E-state index in [9.17, 15) is 0 Å². The minimum Gasteiger partial charge on any atom is -0.493 e. The number of methoxy groups -OCH3 is 2. The molecule has 1 saturated carbocycles. The Morgan fingerprint density at radius 1 is 1.00 bits per heavy atom. The number of hydrogen-bond donors (Lipinski definition) is 0. The average molecular weight is 317 g/mol. The van der Waals surface area contributed by atoms with Gasteiger partial charge in [-0.05, 0) is 30.4 Å². The monoisotopic (exact) mass is 316 g/mol. The first-order valence-electron chi connectivity index (χ1n) is 7.23. The fourth-order valence-corrected chi connectivity index (χ4v) is 3.70. The second-order valence-corrected chi connectivity index (χ2v) is 6.26. The number of halogens is 2. The van der Waals surface area contributed by atoms with E-state index in [1.54, 1.807) is 20.3 Å². The van der Waals surface area contributed by atoms with Gasteiger partial charge in [-0.3, -0.25) is 0 Å². The molecule has 0 bridgehead atoms. The molecule has 1 aromatic rings. The van der Waals surface area contributed by atoms with Crippen LogP contribution in [-0.4, -0.2) is 14.2 Å². The Hall–Kier alpha value is -0.600. The Morgan fingerprint density at radius 2 is 1.55 bits per heavy atom. The van der Waals surface area contributed by atoms with Gasteiger partial charge in [-0.15, -0.1) is 11.6 Å². The quantitative estimate of drug-likeness (QED) is 0.531. The summed E-state index contributed by atoms with van der Waals surface area (Å²) in [6, 6.07) is 3.71. The van der Waals surface area contributed by atoms with Crippen molar-refractivity contribution < 1.29 is 9.47 Å². The summed E-state index contributed by atoms with van der Waals surface area (Å²) in [6.45, 7) is 0. The Morgan fingerprint density at radius 3 is 2.10 bits per heavy atom. The molecule has 0 amide bonds. The van der Waals surface area contributed by atoms with Gasteiger partial charge in [0.05, 0.1) is 19.6 Å². The lowest BCUT2D eigenvalue weighted by molar-refractivity contribution is 0.353. The van der Waals surface area contributed by atoms with E-state index in [1.807, 2.05) is 6.07 Å². The lowest BCUT2D eigenvalue weighted by Crippen LogP contribution is -2.08. The molecule has 4 heteroatoms. The number of ether oxygens (including phenoxy) is 2. The van der Waals surface area contributed by atoms with Gasteiger partial charge in [0.1, 0.15) is 0 Å². The van der Waals surface area contributed by atoms with Crippen molar-refractivity contribution in [3.8, 4) is 11.5 Å². The highest BCUT2D eigenvalue weighted by Crippen LogP contribution is 2.44. The van der Waals surface area contributed by atoms with E-state index in [2.05, 4.69) is 0 Å². The summed E-state index contributed by atoms with van der Waals surface area (Å²) >= 11 is 13.1. The Kier molecular flexibility index (Phi) is 5.86. The molecule has 0 spiro atoms. The van der Waals surface area contributed by atoms with Crippen LogP contribution in [0.1, 0.15) is 49.5 Å². The predicted molar refractivity (Wildman–Crippen MR) is 84.3 cm³/mol. The molecule has 1 aromatic carbocycles. The maximum absolute atomic E-state index is 6.71. The highest BCUT2D eigenvalue weighted by atomic mass is 35.5. The Bertz CT molecular complexity index is 440. The molecule has 0 aromatic heterocycles. The standard InChI is InChI=1S/C16H22Cl2O2/c1-19-14-9-12(13(17)10-15(14)20-2)16(18)11-7-5-3-4-6-8-11/h9-11,16H,3-8H2,1-2H3. The molecule has 20 heavy (non-hydrogen) atoms. The van der Waals surface area contributed by atoms with Crippen molar-refractivity contribution in [1.82, 2.24) is 0 Å². The van der Waals surface area contributed by atoms with E-state index in [0.717, 1.165) is 5.56 Å². The summed E-state index contributed by atoms with van der Waals surface area (Å²) in [5.74, 6) is 1.83. The normalized spacial score (nSPS) is 18.4. The SMILES string of the molecule is COc1cc(Cl)c(C(Cl)C2CCCCCC2)cc1OC. The fraction of sp³-hybridized carbons (Fsp3) is 0.625. The predicted octanol–water partition coefficient (Wildman–Crippen LogP) is 5.61. The molecular weight excluding hydrogens is 295 g/mol. The van der Waals surface area contributed by atoms with Crippen molar-refractivity contribution >= 4 is 23.2 Å². The minimum absolute atomic E-state index is 0.0552. The van der Waals surface area contributed by atoms with Gasteiger partial charge >= 0.3 is 0 Å². The van der Waals surface area contributed by atoms with Crippen LogP contribution in [0.3, 0.4) is 0 Å². The van der Waals surface area contributed by atoms with Crippen LogP contribution in [0, 0.1) is 5.92 Å². The molecule has 1 unspecified atom stereocenters. The van der Waals surface area contributed by atoms with Crippen molar-refractivity contribution in [3.63, 3.8) is 0 Å². The van der Waals surface area contributed by atoms with Gasteiger partial charge in [0.2, 0.25) is 0 Å². The van der Waals surface area contributed by atoms with Crippen molar-refractivity contribution in [2.45, 2.75) is 43.9 Å². The summed E-state index contributed by atoms with van der Waals surface area (Å²) in [7, 11) is 3.24. The maximum atomic E-state index is 6.71. The second-order valence-electron chi connectivity index (χ2n) is 5.38. The molecular formula is C16H22Cl2O2. The third-order valence-electron chi connectivity index (χ3n) is 4.11. The zero-order chi connectivity index (χ0) is 14.5. The van der Waals surface area contributed by atoms with Crippen molar-refractivity contribution in [1.29, 1.82) is 0 Å². The Balaban J connectivity index is 2.26. The van der Waals surface area contributed by atoms with Crippen LogP contribution in [0.4, 0.5) is 0 Å². The van der Waals surface area contributed by atoms with Crippen molar-refractivity contribution in [2.24, 2.45) is 5.92 Å². The highest BCUT2D eigenvalue weighted by Gasteiger charge is 2.25. The topological polar surface area (TPSA) is 18.5 Å². The largest absolute Gasteiger partial charge is 0.493 e. The van der Waals surface area contributed by atoms with Gasteiger partial charge in [0, 0.05) is 11.1 Å². The summed E-state index contributed by atoms with van der Waals surface area (Å²) in [5.41, 5.74) is 0.956. The third kappa shape index (κ3) is 3.53. The molecule has 2 rings (SSSR count). The maximum Gasteiger partial charge on any atom is 0.162 e. The summed E-state index contributed by atoms with van der Waals surface area (Å²) < 4.78 is 10.6. The second kappa shape index (κ2) is 7.42. The molecule has 0 heterocycles.